The van der Waals surface area contributed by atoms with E-state index in [4.69, 9.17) is 22.9 Å². The molecule has 1 heterocycles. The number of hydrogen-bond donors (Lipinski definition) is 14. The van der Waals surface area contributed by atoms with Crippen molar-refractivity contribution in [1.29, 1.82) is 0 Å². The summed E-state index contributed by atoms with van der Waals surface area (Å²) >= 11 is 0.932. The molecule has 526 valence electrons. The maximum atomic E-state index is 14.6. The number of phenols is 1. The summed E-state index contributed by atoms with van der Waals surface area (Å²) in [6, 6.07) is 10.1. The van der Waals surface area contributed by atoms with Crippen molar-refractivity contribution in [2.75, 3.05) is 25.4 Å². The maximum absolute atomic E-state index is 14.6. The Hall–Kier alpha value is -8.96. The molecule has 12 amide bonds. The standard InChI is InChI=1S/C67H98N14O14S/c1-38(2)32-49(75-61(89)50(35-43-18-12-9-13-19-43)78-64(92)54-21-15-30-81(54)66(94)46(69)34-42-16-10-8-11-17-42)60(88)77-52(37-56(71)85)62(90)73-48(26-27-55(70)84)59(87)76-51(36-44-22-24-45(83)25-23-44)63(91)80-57(40(5)6)65(93)74-47(20-14-28-68)58(86)79-53(33-39(3)4)67(95)96-31-29-72-41(7)82/h8-13,16-19,22-25,38-40,46-54,57,83H,14-15,20-21,26-37,68-69H2,1-7H3,(H2,70,84)(H2,71,85)(H,72,82)(H,73,90)(H,74,93)(H,75,89)(H,76,87)(H,77,88)(H,78,92)(H,79,86)(H,80,91)/t46-,47+,48+,49+,50+,51+,52+,53+,54+,57+/m1/s1. The van der Waals surface area contributed by atoms with Gasteiger partial charge in [0.05, 0.1) is 18.5 Å². The quantitative estimate of drug-likeness (QED) is 0.0323. The fraction of sp³-hybridized carbons (Fsp3) is 0.537. The minimum atomic E-state index is -1.83. The van der Waals surface area contributed by atoms with Crippen molar-refractivity contribution < 1.29 is 67.4 Å². The zero-order chi connectivity index (χ0) is 71.2. The molecule has 0 spiro atoms. The molecule has 1 saturated heterocycles. The Bertz CT molecular complexity index is 3120. The first-order valence-electron chi connectivity index (χ1n) is 32.5. The monoisotopic (exact) mass is 1350 g/mol. The molecular weight excluding hydrogens is 1260 g/mol. The number of rotatable bonds is 40. The Balaban J connectivity index is 1.59. The number of aromatic hydroxyl groups is 1. The molecular formula is C67H98N14O14S. The van der Waals surface area contributed by atoms with Crippen LogP contribution in [0.15, 0.2) is 84.9 Å². The average molecular weight is 1360 g/mol. The lowest BCUT2D eigenvalue weighted by Crippen LogP contribution is -2.61. The molecule has 18 N–H and O–H groups in total. The van der Waals surface area contributed by atoms with Crippen LogP contribution in [-0.2, 0) is 81.6 Å². The van der Waals surface area contributed by atoms with Gasteiger partial charge < -0.3 is 80.8 Å². The van der Waals surface area contributed by atoms with Gasteiger partial charge in [-0.3, -0.25) is 62.3 Å². The Morgan fingerprint density at radius 3 is 1.57 bits per heavy atom. The van der Waals surface area contributed by atoms with Crippen LogP contribution in [0, 0.1) is 17.8 Å². The molecule has 1 aliphatic heterocycles. The zero-order valence-electron chi connectivity index (χ0n) is 55.8. The maximum Gasteiger partial charge on any atom is 0.243 e. The van der Waals surface area contributed by atoms with Gasteiger partial charge in [0.1, 0.15) is 54.1 Å². The van der Waals surface area contributed by atoms with E-state index in [1.54, 1.807) is 58.0 Å². The second-order valence-corrected chi connectivity index (χ2v) is 26.3. The van der Waals surface area contributed by atoms with E-state index >= 15 is 0 Å². The Morgan fingerprint density at radius 1 is 0.552 bits per heavy atom. The van der Waals surface area contributed by atoms with Crippen LogP contribution in [0.3, 0.4) is 0 Å². The second-order valence-electron chi connectivity index (χ2n) is 25.2. The molecule has 10 atom stereocenters. The summed E-state index contributed by atoms with van der Waals surface area (Å²) < 4.78 is 0. The number of phenolic OH excluding ortho intramolecular Hbond substituents is 1. The largest absolute Gasteiger partial charge is 0.508 e. The molecule has 0 aromatic heterocycles. The topological polar surface area (TPSA) is 458 Å². The third-order valence-corrected chi connectivity index (χ3v) is 16.7. The first-order chi connectivity index (χ1) is 45.5. The van der Waals surface area contributed by atoms with Crippen LogP contribution in [0.2, 0.25) is 0 Å². The summed E-state index contributed by atoms with van der Waals surface area (Å²) in [6.07, 6.45) is -0.676. The second kappa shape index (κ2) is 40.4. The number of carbonyl (C=O) groups is 13. The number of nitrogens with one attached hydrogen (secondary N) is 9. The lowest BCUT2D eigenvalue weighted by molar-refractivity contribution is -0.140. The van der Waals surface area contributed by atoms with Gasteiger partial charge in [0.2, 0.25) is 76.0 Å². The first kappa shape index (κ1) is 79.5. The highest BCUT2D eigenvalue weighted by molar-refractivity contribution is 8.13. The number of thioether (sulfide) groups is 1. The van der Waals surface area contributed by atoms with Gasteiger partial charge in [-0.15, -0.1) is 0 Å². The van der Waals surface area contributed by atoms with E-state index in [0.717, 1.165) is 17.3 Å². The molecule has 0 bridgehead atoms. The predicted molar refractivity (Wildman–Crippen MR) is 361 cm³/mol. The molecule has 4 rings (SSSR count). The van der Waals surface area contributed by atoms with Crippen molar-refractivity contribution in [2.45, 2.75) is 186 Å². The van der Waals surface area contributed by atoms with E-state index in [1.807, 2.05) is 44.2 Å². The Labute approximate surface area is 565 Å². The molecule has 0 aliphatic carbocycles. The number of likely N-dealkylation sites (tertiary alicyclic amines) is 1. The first-order valence-corrected chi connectivity index (χ1v) is 33.5. The van der Waals surface area contributed by atoms with E-state index in [9.17, 15) is 67.4 Å². The van der Waals surface area contributed by atoms with Gasteiger partial charge in [0.15, 0.2) is 0 Å². The van der Waals surface area contributed by atoms with Gasteiger partial charge in [0.25, 0.3) is 0 Å². The van der Waals surface area contributed by atoms with E-state index in [-0.39, 0.29) is 105 Å². The van der Waals surface area contributed by atoms with Crippen molar-refractivity contribution in [3.63, 3.8) is 0 Å². The van der Waals surface area contributed by atoms with Gasteiger partial charge in [-0.2, -0.15) is 0 Å². The number of benzene rings is 3. The summed E-state index contributed by atoms with van der Waals surface area (Å²) in [5.74, 6) is -10.7. The number of carbonyl (C=O) groups excluding carboxylic acids is 13. The fourth-order valence-electron chi connectivity index (χ4n) is 10.7. The van der Waals surface area contributed by atoms with Crippen molar-refractivity contribution in [3.05, 3.63) is 102 Å². The SMILES string of the molecule is CC(=O)NCCSC(=O)[C@H](CC(C)C)NC(=O)[C@H](CCCN)NC(=O)[C@@H](NC(=O)[C@H](Cc1ccc(O)cc1)NC(=O)[C@H](CCC(N)=O)NC(=O)[C@H](CC(N)=O)NC(=O)[C@H](CC(C)C)NC(=O)[C@H](Cc1ccccc1)NC(=O)[C@@H]1CCCN1C(=O)[C@H](N)Cc1ccccc1)C(C)C. The summed E-state index contributed by atoms with van der Waals surface area (Å²) in [6.45, 7) is 12.4. The normalized spacial score (nSPS) is 15.6. The van der Waals surface area contributed by atoms with Crippen LogP contribution < -0.4 is 70.8 Å². The van der Waals surface area contributed by atoms with Crippen molar-refractivity contribution in [1.82, 2.24) is 52.8 Å². The minimum Gasteiger partial charge on any atom is -0.508 e. The van der Waals surface area contributed by atoms with Crippen LogP contribution >= 0.6 is 11.8 Å². The lowest BCUT2D eigenvalue weighted by atomic mass is 9.99. The van der Waals surface area contributed by atoms with Crippen molar-refractivity contribution in [3.8, 4) is 5.75 Å². The van der Waals surface area contributed by atoms with Gasteiger partial charge in [-0.1, -0.05) is 126 Å². The van der Waals surface area contributed by atoms with Crippen LogP contribution in [0.25, 0.3) is 0 Å². The average Bonchev–Trinajstić information content (AvgIpc) is 1.56. The number of hydrogen-bond acceptors (Lipinski definition) is 17. The van der Waals surface area contributed by atoms with Gasteiger partial charge in [-0.05, 0) is 104 Å². The van der Waals surface area contributed by atoms with E-state index in [1.165, 1.54) is 36.1 Å². The Morgan fingerprint density at radius 2 is 1.02 bits per heavy atom. The number of primary amides is 2. The summed E-state index contributed by atoms with van der Waals surface area (Å²) in [5.41, 5.74) is 25.2. The summed E-state index contributed by atoms with van der Waals surface area (Å²) in [4.78, 5) is 180. The molecule has 96 heavy (non-hydrogen) atoms. The fourth-order valence-corrected chi connectivity index (χ4v) is 11.5. The number of nitrogens with two attached hydrogens (primary N) is 4. The van der Waals surface area contributed by atoms with Gasteiger partial charge in [0, 0.05) is 45.0 Å². The molecule has 0 saturated carbocycles. The highest BCUT2D eigenvalue weighted by atomic mass is 32.2. The van der Waals surface area contributed by atoms with E-state index in [2.05, 4.69) is 47.9 Å². The molecule has 0 radical (unpaired) electrons. The highest BCUT2D eigenvalue weighted by Gasteiger charge is 2.40. The molecule has 29 heteroatoms. The number of amides is 12. The number of nitrogens with zero attached hydrogens (tertiary/aromatic N) is 1. The molecule has 3 aromatic carbocycles. The molecule has 1 aliphatic rings. The van der Waals surface area contributed by atoms with Gasteiger partial charge >= 0.3 is 0 Å². The smallest absolute Gasteiger partial charge is 0.243 e. The van der Waals surface area contributed by atoms with Crippen LogP contribution in [0.5, 0.6) is 5.75 Å². The summed E-state index contributed by atoms with van der Waals surface area (Å²) in [5, 5.41) is 33.5. The third kappa shape index (κ3) is 27.8. The molecule has 0 unspecified atom stereocenters. The molecule has 28 nitrogen and oxygen atoms in total. The van der Waals surface area contributed by atoms with E-state index in [0.29, 0.717) is 17.5 Å². The third-order valence-electron chi connectivity index (χ3n) is 15.7. The van der Waals surface area contributed by atoms with Crippen molar-refractivity contribution in [2.24, 2.45) is 40.7 Å². The lowest BCUT2D eigenvalue weighted by Gasteiger charge is -2.30. The summed E-state index contributed by atoms with van der Waals surface area (Å²) in [7, 11) is 0. The van der Waals surface area contributed by atoms with Crippen LogP contribution in [0.4, 0.5) is 0 Å². The zero-order valence-corrected chi connectivity index (χ0v) is 56.6. The molecule has 3 aromatic rings. The van der Waals surface area contributed by atoms with Crippen LogP contribution in [-0.4, -0.2) is 172 Å². The predicted octanol–water partition coefficient (Wildman–Crippen LogP) is -0.359. The van der Waals surface area contributed by atoms with Crippen LogP contribution in [0.1, 0.15) is 123 Å². The van der Waals surface area contributed by atoms with E-state index < -0.39 is 151 Å². The minimum absolute atomic E-state index is 0.0389. The molecule has 1 fully saturated rings. The Kier molecular flexibility index (Phi) is 33.5. The van der Waals surface area contributed by atoms with Crippen molar-refractivity contribution >= 4 is 87.8 Å². The van der Waals surface area contributed by atoms with Gasteiger partial charge in [-0.25, -0.2) is 0 Å². The highest BCUT2D eigenvalue weighted by Crippen LogP contribution is 2.21.